The van der Waals surface area contributed by atoms with Crippen LogP contribution in [0.25, 0.3) is 0 Å². The molecule has 100 valence electrons. The maximum absolute atomic E-state index is 5.81. The first kappa shape index (κ1) is 12.6. The first-order valence-electron chi connectivity index (χ1n) is 6.68. The van der Waals surface area contributed by atoms with E-state index in [1.165, 1.54) is 24.0 Å². The lowest BCUT2D eigenvalue weighted by molar-refractivity contribution is 0.304. The van der Waals surface area contributed by atoms with E-state index in [0.717, 1.165) is 17.2 Å². The Morgan fingerprint density at radius 1 is 1.47 bits per heavy atom. The van der Waals surface area contributed by atoms with Gasteiger partial charge in [-0.15, -0.1) is 11.3 Å². The molecule has 1 atom stereocenters. The lowest BCUT2D eigenvalue weighted by atomic mass is 9.87. The van der Waals surface area contributed by atoms with E-state index in [1.807, 2.05) is 18.6 Å². The molecule has 1 aromatic heterocycles. The van der Waals surface area contributed by atoms with Crippen molar-refractivity contribution in [2.24, 2.45) is 0 Å². The van der Waals surface area contributed by atoms with Crippen LogP contribution in [-0.2, 0) is 13.0 Å². The molecule has 0 radical (unpaired) electrons. The highest BCUT2D eigenvalue weighted by molar-refractivity contribution is 7.09. The molecule has 19 heavy (non-hydrogen) atoms. The summed E-state index contributed by atoms with van der Waals surface area (Å²) in [5, 5.41) is 6.38. The second kappa shape index (κ2) is 5.72. The van der Waals surface area contributed by atoms with Crippen LogP contribution in [0.15, 0.2) is 29.8 Å². The Morgan fingerprint density at radius 3 is 3.21 bits per heavy atom. The fourth-order valence-electron chi connectivity index (χ4n) is 2.65. The van der Waals surface area contributed by atoms with Gasteiger partial charge in [-0.1, -0.05) is 6.07 Å². The molecule has 3 nitrogen and oxygen atoms in total. The summed E-state index contributed by atoms with van der Waals surface area (Å²) in [4.78, 5) is 4.23. The highest BCUT2D eigenvalue weighted by Gasteiger charge is 2.18. The molecule has 4 heteroatoms. The van der Waals surface area contributed by atoms with Gasteiger partial charge >= 0.3 is 0 Å². The zero-order valence-corrected chi connectivity index (χ0v) is 11.9. The largest absolute Gasteiger partial charge is 0.486 e. The standard InChI is InChI=1S/C15H18N2OS/c1-16-14-4-2-3-11-9-12(5-6-13(11)14)18-10-15-17-7-8-19-15/h5-9,14,16H,2-4,10H2,1H3. The smallest absolute Gasteiger partial charge is 0.140 e. The molecule has 0 saturated carbocycles. The molecule has 0 fully saturated rings. The number of nitrogens with one attached hydrogen (secondary N) is 1. The summed E-state index contributed by atoms with van der Waals surface area (Å²) < 4.78 is 5.81. The number of rotatable bonds is 4. The first-order chi connectivity index (χ1) is 9.36. The predicted octanol–water partition coefficient (Wildman–Crippen LogP) is 3.32. The Hall–Kier alpha value is -1.39. The molecule has 0 amide bonds. The van der Waals surface area contributed by atoms with Crippen molar-refractivity contribution >= 4 is 11.3 Å². The zero-order valence-electron chi connectivity index (χ0n) is 11.1. The van der Waals surface area contributed by atoms with E-state index in [0.29, 0.717) is 12.6 Å². The summed E-state index contributed by atoms with van der Waals surface area (Å²) in [6, 6.07) is 6.96. The van der Waals surface area contributed by atoms with Gasteiger partial charge in [-0.05, 0) is 49.6 Å². The van der Waals surface area contributed by atoms with Crippen molar-refractivity contribution in [3.05, 3.63) is 45.9 Å². The van der Waals surface area contributed by atoms with Crippen molar-refractivity contribution < 1.29 is 4.74 Å². The zero-order chi connectivity index (χ0) is 13.1. The van der Waals surface area contributed by atoms with Gasteiger partial charge in [-0.3, -0.25) is 0 Å². The van der Waals surface area contributed by atoms with Gasteiger partial charge in [-0.25, -0.2) is 4.98 Å². The van der Waals surface area contributed by atoms with Gasteiger partial charge < -0.3 is 10.1 Å². The minimum absolute atomic E-state index is 0.497. The predicted molar refractivity (Wildman–Crippen MR) is 77.6 cm³/mol. The van der Waals surface area contributed by atoms with Gasteiger partial charge in [0.2, 0.25) is 0 Å². The van der Waals surface area contributed by atoms with E-state index in [-0.39, 0.29) is 0 Å². The number of thiazole rings is 1. The van der Waals surface area contributed by atoms with Crippen molar-refractivity contribution in [3.63, 3.8) is 0 Å². The highest BCUT2D eigenvalue weighted by atomic mass is 32.1. The molecule has 1 aromatic carbocycles. The van der Waals surface area contributed by atoms with Crippen molar-refractivity contribution in [3.8, 4) is 5.75 Å². The summed E-state index contributed by atoms with van der Waals surface area (Å²) in [5.74, 6) is 0.950. The third-order valence-corrected chi connectivity index (χ3v) is 4.38. The van der Waals surface area contributed by atoms with Crippen LogP contribution in [0, 0.1) is 0 Å². The quantitative estimate of drug-likeness (QED) is 0.928. The second-order valence-corrected chi connectivity index (χ2v) is 5.79. The van der Waals surface area contributed by atoms with Gasteiger partial charge in [0, 0.05) is 17.6 Å². The van der Waals surface area contributed by atoms with Crippen molar-refractivity contribution in [1.82, 2.24) is 10.3 Å². The lowest BCUT2D eigenvalue weighted by Gasteiger charge is -2.25. The summed E-state index contributed by atoms with van der Waals surface area (Å²) in [7, 11) is 2.03. The van der Waals surface area contributed by atoms with E-state index >= 15 is 0 Å². The molecular formula is C15H18N2OS. The molecule has 1 heterocycles. The Balaban J connectivity index is 1.74. The number of aromatic nitrogens is 1. The van der Waals surface area contributed by atoms with Crippen LogP contribution >= 0.6 is 11.3 Å². The third-order valence-electron chi connectivity index (χ3n) is 3.62. The average Bonchev–Trinajstić information content (AvgIpc) is 2.97. The fourth-order valence-corrected chi connectivity index (χ4v) is 3.18. The third kappa shape index (κ3) is 2.80. The molecule has 0 spiro atoms. The minimum Gasteiger partial charge on any atom is -0.486 e. The Labute approximate surface area is 117 Å². The van der Waals surface area contributed by atoms with Gasteiger partial charge in [-0.2, -0.15) is 0 Å². The van der Waals surface area contributed by atoms with E-state index in [9.17, 15) is 0 Å². The van der Waals surface area contributed by atoms with Crippen LogP contribution in [0.4, 0.5) is 0 Å². The van der Waals surface area contributed by atoms with E-state index in [4.69, 9.17) is 4.74 Å². The maximum atomic E-state index is 5.81. The molecule has 1 aliphatic rings. The molecule has 3 rings (SSSR count). The van der Waals surface area contributed by atoms with Gasteiger partial charge in [0.15, 0.2) is 0 Å². The molecule has 1 aliphatic carbocycles. The van der Waals surface area contributed by atoms with Gasteiger partial charge in [0.25, 0.3) is 0 Å². The molecular weight excluding hydrogens is 256 g/mol. The second-order valence-electron chi connectivity index (χ2n) is 4.81. The number of benzene rings is 1. The number of nitrogens with zero attached hydrogens (tertiary/aromatic N) is 1. The van der Waals surface area contributed by atoms with Crippen LogP contribution in [0.3, 0.4) is 0 Å². The van der Waals surface area contributed by atoms with Gasteiger partial charge in [0.1, 0.15) is 17.4 Å². The molecule has 0 saturated heterocycles. The normalized spacial score (nSPS) is 18.1. The fraction of sp³-hybridized carbons (Fsp3) is 0.400. The van der Waals surface area contributed by atoms with Crippen molar-refractivity contribution in [2.75, 3.05) is 7.05 Å². The summed E-state index contributed by atoms with van der Waals surface area (Å²) >= 11 is 1.63. The van der Waals surface area contributed by atoms with Gasteiger partial charge in [0.05, 0.1) is 0 Å². The SMILES string of the molecule is CNC1CCCc2cc(OCc3nccs3)ccc21. The van der Waals surface area contributed by atoms with Crippen LogP contribution in [0.2, 0.25) is 0 Å². The van der Waals surface area contributed by atoms with E-state index in [2.05, 4.69) is 28.5 Å². The minimum atomic E-state index is 0.497. The first-order valence-corrected chi connectivity index (χ1v) is 7.56. The monoisotopic (exact) mass is 274 g/mol. The molecule has 2 aromatic rings. The molecule has 1 unspecified atom stereocenters. The summed E-state index contributed by atoms with van der Waals surface area (Å²) in [6.45, 7) is 0.561. The van der Waals surface area contributed by atoms with Crippen LogP contribution in [-0.4, -0.2) is 12.0 Å². The number of aryl methyl sites for hydroxylation is 1. The Morgan fingerprint density at radius 2 is 2.42 bits per heavy atom. The van der Waals surface area contributed by atoms with Crippen LogP contribution in [0.5, 0.6) is 5.75 Å². The highest BCUT2D eigenvalue weighted by Crippen LogP contribution is 2.32. The number of hydrogen-bond acceptors (Lipinski definition) is 4. The molecule has 0 aliphatic heterocycles. The van der Waals surface area contributed by atoms with E-state index < -0.39 is 0 Å². The Bertz CT molecular complexity index is 539. The average molecular weight is 274 g/mol. The van der Waals surface area contributed by atoms with Crippen LogP contribution < -0.4 is 10.1 Å². The summed E-state index contributed by atoms with van der Waals surface area (Å²) in [5.41, 5.74) is 2.84. The number of fused-ring (bicyclic) bond motifs is 1. The summed E-state index contributed by atoms with van der Waals surface area (Å²) in [6.07, 6.45) is 5.44. The molecule has 1 N–H and O–H groups in total. The molecule has 0 bridgehead atoms. The topological polar surface area (TPSA) is 34.1 Å². The van der Waals surface area contributed by atoms with Crippen LogP contribution in [0.1, 0.15) is 35.0 Å². The number of hydrogen-bond donors (Lipinski definition) is 1. The Kier molecular flexibility index (Phi) is 3.80. The number of ether oxygens (including phenoxy) is 1. The van der Waals surface area contributed by atoms with Crippen molar-refractivity contribution in [1.29, 1.82) is 0 Å². The van der Waals surface area contributed by atoms with Crippen molar-refractivity contribution in [2.45, 2.75) is 31.9 Å². The lowest BCUT2D eigenvalue weighted by Crippen LogP contribution is -2.21. The maximum Gasteiger partial charge on any atom is 0.140 e. The van der Waals surface area contributed by atoms with E-state index in [1.54, 1.807) is 11.3 Å².